The molecule has 0 aliphatic carbocycles. The van der Waals surface area contributed by atoms with Crippen LogP contribution in [0, 0.1) is 0 Å². The highest BCUT2D eigenvalue weighted by Crippen LogP contribution is 2.34. The third-order valence-corrected chi connectivity index (χ3v) is 6.75. The average Bonchev–Trinajstić information content (AvgIpc) is 3.37. The lowest BCUT2D eigenvalue weighted by atomic mass is 9.86. The molecule has 1 atom stereocenters. The van der Waals surface area contributed by atoms with Crippen LogP contribution in [0.4, 0.5) is 0 Å². The lowest BCUT2D eigenvalue weighted by Crippen LogP contribution is -2.38. The van der Waals surface area contributed by atoms with Crippen molar-refractivity contribution in [1.29, 1.82) is 0 Å². The largest absolute Gasteiger partial charge is 0.333 e. The second kappa shape index (κ2) is 7.12. The summed E-state index contributed by atoms with van der Waals surface area (Å²) in [6.07, 6.45) is 4.87. The van der Waals surface area contributed by atoms with Gasteiger partial charge in [-0.15, -0.1) is 11.3 Å². The fourth-order valence-electron chi connectivity index (χ4n) is 4.11. The maximum absolute atomic E-state index is 13.4. The van der Waals surface area contributed by atoms with Crippen LogP contribution in [0.15, 0.2) is 54.9 Å². The first-order valence-corrected chi connectivity index (χ1v) is 10.7. The molecule has 1 aliphatic heterocycles. The van der Waals surface area contributed by atoms with Crippen molar-refractivity contribution in [3.8, 4) is 0 Å². The van der Waals surface area contributed by atoms with Crippen molar-refractivity contribution in [3.63, 3.8) is 0 Å². The first kappa shape index (κ1) is 18.1. The van der Waals surface area contributed by atoms with Crippen molar-refractivity contribution in [2.45, 2.75) is 25.8 Å². The van der Waals surface area contributed by atoms with E-state index in [1.807, 2.05) is 53.3 Å². The van der Waals surface area contributed by atoms with E-state index in [2.05, 4.69) is 35.2 Å². The van der Waals surface area contributed by atoms with Gasteiger partial charge in [-0.05, 0) is 41.3 Å². The van der Waals surface area contributed by atoms with Crippen molar-refractivity contribution >= 4 is 27.5 Å². The van der Waals surface area contributed by atoms with E-state index in [4.69, 9.17) is 0 Å². The van der Waals surface area contributed by atoms with Gasteiger partial charge in [0, 0.05) is 37.8 Å². The zero-order chi connectivity index (χ0) is 20.0. The maximum atomic E-state index is 13.4. The molecule has 6 heteroatoms. The number of rotatable bonds is 3. The number of hydrogen-bond donors (Lipinski definition) is 0. The van der Waals surface area contributed by atoms with Crippen LogP contribution in [-0.2, 0) is 20.0 Å². The van der Waals surface area contributed by atoms with Gasteiger partial charge in [0.1, 0.15) is 0 Å². The number of carbonyl (C=O) groups excluding carboxylic acids is 1. The first-order chi connectivity index (χ1) is 14.1. The monoisotopic (exact) mass is 402 g/mol. The molecular formula is C23H22N4OS. The summed E-state index contributed by atoms with van der Waals surface area (Å²) in [5.41, 5.74) is 5.33. The molecule has 1 unspecified atom stereocenters. The molecular weight excluding hydrogens is 380 g/mol. The lowest BCUT2D eigenvalue weighted by molar-refractivity contribution is 0.0725. The number of amides is 1. The van der Waals surface area contributed by atoms with Gasteiger partial charge in [0.25, 0.3) is 5.91 Å². The Kier molecular flexibility index (Phi) is 4.43. The molecule has 146 valence electrons. The molecule has 2 aromatic carbocycles. The summed E-state index contributed by atoms with van der Waals surface area (Å²) < 4.78 is 2.90. The van der Waals surface area contributed by atoms with E-state index in [0.717, 1.165) is 32.8 Å². The Bertz CT molecular complexity index is 1210. The van der Waals surface area contributed by atoms with Gasteiger partial charge in [0.2, 0.25) is 0 Å². The molecule has 0 saturated carbocycles. The second-order valence-electron chi connectivity index (χ2n) is 7.53. The molecule has 0 saturated heterocycles. The highest BCUT2D eigenvalue weighted by molar-refractivity contribution is 7.18. The molecule has 1 aliphatic rings. The van der Waals surface area contributed by atoms with Crippen LogP contribution in [0.25, 0.3) is 10.2 Å². The van der Waals surface area contributed by atoms with Crippen LogP contribution < -0.4 is 0 Å². The van der Waals surface area contributed by atoms with Gasteiger partial charge in [0.05, 0.1) is 21.4 Å². The molecule has 0 N–H and O–H groups in total. The molecule has 0 radical (unpaired) electrons. The molecule has 1 amide bonds. The summed E-state index contributed by atoms with van der Waals surface area (Å²) in [5.74, 6) is 0.207. The summed E-state index contributed by atoms with van der Waals surface area (Å²) >= 11 is 1.67. The van der Waals surface area contributed by atoms with Gasteiger partial charge in [-0.25, -0.2) is 4.98 Å². The van der Waals surface area contributed by atoms with Crippen LogP contribution in [0.3, 0.4) is 0 Å². The van der Waals surface area contributed by atoms with E-state index in [9.17, 15) is 4.79 Å². The average molecular weight is 403 g/mol. The van der Waals surface area contributed by atoms with E-state index >= 15 is 0 Å². The Hall–Kier alpha value is -2.99. The smallest absolute Gasteiger partial charge is 0.254 e. The number of aryl methyl sites for hydroxylation is 2. The number of nitrogens with zero attached hydrogens (tertiary/aromatic N) is 4. The molecule has 5 rings (SSSR count). The Morgan fingerprint density at radius 3 is 2.90 bits per heavy atom. The molecule has 3 heterocycles. The molecule has 0 fully saturated rings. The van der Waals surface area contributed by atoms with E-state index in [1.165, 1.54) is 11.1 Å². The quantitative estimate of drug-likeness (QED) is 0.511. The van der Waals surface area contributed by atoms with Gasteiger partial charge in [-0.1, -0.05) is 31.2 Å². The molecule has 29 heavy (non-hydrogen) atoms. The molecule has 4 aromatic rings. The zero-order valence-electron chi connectivity index (χ0n) is 16.5. The lowest BCUT2D eigenvalue weighted by Gasteiger charge is -2.34. The predicted octanol–water partition coefficient (Wildman–Crippen LogP) is 4.38. The number of aromatic nitrogens is 3. The maximum Gasteiger partial charge on any atom is 0.254 e. The summed E-state index contributed by atoms with van der Waals surface area (Å²) in [7, 11) is 1.93. The standard InChI is InChI=1S/C23H22N4OS/c1-3-22-25-20-9-8-15(10-21(20)29-22)23(28)27-13-16-6-4-5-7-18(16)19(14-27)17-11-24-26(2)12-17/h4-12,19H,3,13-14H2,1-2H3. The number of thiazole rings is 1. The first-order valence-electron chi connectivity index (χ1n) is 9.87. The highest BCUT2D eigenvalue weighted by atomic mass is 32.1. The number of carbonyl (C=O) groups is 1. The predicted molar refractivity (Wildman–Crippen MR) is 115 cm³/mol. The van der Waals surface area contributed by atoms with Gasteiger partial charge in [-0.3, -0.25) is 9.48 Å². The van der Waals surface area contributed by atoms with Crippen molar-refractivity contribution in [2.24, 2.45) is 7.05 Å². The van der Waals surface area contributed by atoms with E-state index in [0.29, 0.717) is 13.1 Å². The van der Waals surface area contributed by atoms with Crippen LogP contribution >= 0.6 is 11.3 Å². The minimum atomic E-state index is 0.0711. The van der Waals surface area contributed by atoms with Crippen molar-refractivity contribution in [1.82, 2.24) is 19.7 Å². The Labute approximate surface area is 173 Å². The molecule has 2 aromatic heterocycles. The molecule has 0 bridgehead atoms. The topological polar surface area (TPSA) is 51.0 Å². The van der Waals surface area contributed by atoms with Crippen LogP contribution in [0.2, 0.25) is 0 Å². The van der Waals surface area contributed by atoms with E-state index < -0.39 is 0 Å². The normalized spacial score (nSPS) is 16.2. The van der Waals surface area contributed by atoms with Crippen molar-refractivity contribution in [2.75, 3.05) is 6.54 Å². The van der Waals surface area contributed by atoms with Gasteiger partial charge in [-0.2, -0.15) is 5.10 Å². The van der Waals surface area contributed by atoms with E-state index in [1.54, 1.807) is 11.3 Å². The SMILES string of the molecule is CCc1nc2ccc(C(=O)N3Cc4ccccc4C(c4cnn(C)c4)C3)cc2s1. The Morgan fingerprint density at radius 2 is 2.10 bits per heavy atom. The van der Waals surface area contributed by atoms with Crippen LogP contribution in [0.1, 0.15) is 44.9 Å². The zero-order valence-corrected chi connectivity index (χ0v) is 17.3. The summed E-state index contributed by atoms with van der Waals surface area (Å²) in [6.45, 7) is 3.39. The molecule has 0 spiro atoms. The molecule has 5 nitrogen and oxygen atoms in total. The van der Waals surface area contributed by atoms with E-state index in [-0.39, 0.29) is 11.8 Å². The van der Waals surface area contributed by atoms with Crippen LogP contribution in [0.5, 0.6) is 0 Å². The fourth-order valence-corrected chi connectivity index (χ4v) is 5.05. The van der Waals surface area contributed by atoms with Gasteiger partial charge in [0.15, 0.2) is 0 Å². The minimum Gasteiger partial charge on any atom is -0.333 e. The van der Waals surface area contributed by atoms with Gasteiger partial charge >= 0.3 is 0 Å². The number of hydrogen-bond acceptors (Lipinski definition) is 4. The Balaban J connectivity index is 1.50. The summed E-state index contributed by atoms with van der Waals surface area (Å²) in [4.78, 5) is 20.0. The summed E-state index contributed by atoms with van der Waals surface area (Å²) in [5, 5.41) is 5.45. The number of fused-ring (bicyclic) bond motifs is 2. The van der Waals surface area contributed by atoms with Crippen molar-refractivity contribution < 1.29 is 4.79 Å². The van der Waals surface area contributed by atoms with Crippen molar-refractivity contribution in [3.05, 3.63) is 82.1 Å². The number of benzene rings is 2. The Morgan fingerprint density at radius 1 is 1.24 bits per heavy atom. The van der Waals surface area contributed by atoms with Gasteiger partial charge < -0.3 is 4.90 Å². The minimum absolute atomic E-state index is 0.0711. The fraction of sp³-hybridized carbons (Fsp3) is 0.261. The highest BCUT2D eigenvalue weighted by Gasteiger charge is 2.30. The summed E-state index contributed by atoms with van der Waals surface area (Å²) in [6, 6.07) is 14.3. The van der Waals surface area contributed by atoms with Crippen LogP contribution in [-0.4, -0.2) is 32.1 Å². The second-order valence-corrected chi connectivity index (χ2v) is 8.64. The third kappa shape index (κ3) is 3.23. The third-order valence-electron chi connectivity index (χ3n) is 5.59.